The molecule has 0 N–H and O–H groups in total. The third-order valence-corrected chi connectivity index (χ3v) is 8.00. The molecule has 0 aromatic heterocycles. The van der Waals surface area contributed by atoms with E-state index in [0.29, 0.717) is 29.5 Å². The minimum absolute atomic E-state index is 0.409. The molecule has 2 saturated carbocycles. The number of rotatable bonds is 8. The second-order valence-corrected chi connectivity index (χ2v) is 10.3. The van der Waals surface area contributed by atoms with E-state index < -0.39 is 0 Å². The lowest BCUT2D eigenvalue weighted by atomic mass is 9.67. The number of carbonyl (C=O) groups is 1. The molecule has 0 radical (unpaired) electrons. The molecule has 2 unspecified atom stereocenters. The molecule has 2 fully saturated rings. The van der Waals surface area contributed by atoms with E-state index in [0.717, 1.165) is 12.8 Å². The zero-order valence-corrected chi connectivity index (χ0v) is 19.3. The van der Waals surface area contributed by atoms with E-state index in [4.69, 9.17) is 0 Å². The fraction of sp³-hybridized carbons (Fsp3) is 0.552. The Balaban J connectivity index is 1.55. The molecule has 1 nitrogen and oxygen atoms in total. The maximum atomic E-state index is 13.5. The summed E-state index contributed by atoms with van der Waals surface area (Å²) in [6.07, 6.45) is 9.25. The van der Waals surface area contributed by atoms with Crippen LogP contribution in [0.2, 0.25) is 0 Å². The van der Waals surface area contributed by atoms with Crippen LogP contribution in [0, 0.1) is 39.5 Å². The second kappa shape index (κ2) is 9.08. The summed E-state index contributed by atoms with van der Waals surface area (Å²) in [6, 6.07) is 13.6. The molecule has 1 heteroatoms. The van der Waals surface area contributed by atoms with Crippen molar-refractivity contribution in [1.82, 2.24) is 0 Å². The van der Waals surface area contributed by atoms with Crippen molar-refractivity contribution < 1.29 is 4.79 Å². The standard InChI is InChI=1S/C29H38O/c1-19-11-13-21(3)26(15-19)28(23-7-5-8-23)17-25(30)18-29(24-9-6-10-24)27-16-20(2)12-14-22(27)4/h11-16,23-24,28-29H,5-10,17-18H2,1-4H3. The lowest BCUT2D eigenvalue weighted by Gasteiger charge is -2.37. The Bertz CT molecular complexity index is 827. The van der Waals surface area contributed by atoms with Crippen LogP contribution in [0.25, 0.3) is 0 Å². The van der Waals surface area contributed by atoms with E-state index in [2.05, 4.69) is 64.1 Å². The molecule has 2 aliphatic carbocycles. The summed E-state index contributed by atoms with van der Waals surface area (Å²) >= 11 is 0. The van der Waals surface area contributed by atoms with Gasteiger partial charge in [0.05, 0.1) is 0 Å². The molecule has 0 saturated heterocycles. The van der Waals surface area contributed by atoms with Crippen LogP contribution in [-0.4, -0.2) is 5.78 Å². The number of aryl methyl sites for hydroxylation is 4. The van der Waals surface area contributed by atoms with Gasteiger partial charge in [-0.05, 0) is 99.3 Å². The lowest BCUT2D eigenvalue weighted by Crippen LogP contribution is -2.27. The molecule has 0 amide bonds. The Morgan fingerprint density at radius 1 is 0.733 bits per heavy atom. The molecule has 30 heavy (non-hydrogen) atoms. The van der Waals surface area contributed by atoms with Crippen LogP contribution < -0.4 is 0 Å². The average molecular weight is 403 g/mol. The molecule has 2 aromatic carbocycles. The highest BCUT2D eigenvalue weighted by Crippen LogP contribution is 2.46. The predicted octanol–water partition coefficient (Wildman–Crippen LogP) is 7.74. The Morgan fingerprint density at radius 3 is 1.47 bits per heavy atom. The van der Waals surface area contributed by atoms with Crippen molar-refractivity contribution in [3.8, 4) is 0 Å². The fourth-order valence-corrected chi connectivity index (χ4v) is 5.64. The van der Waals surface area contributed by atoms with Crippen LogP contribution in [0.1, 0.15) is 96.6 Å². The molecule has 0 bridgehead atoms. The summed E-state index contributed by atoms with van der Waals surface area (Å²) in [5.74, 6) is 2.68. The van der Waals surface area contributed by atoms with E-state index in [-0.39, 0.29) is 0 Å². The first-order chi connectivity index (χ1) is 14.4. The Morgan fingerprint density at radius 2 is 1.13 bits per heavy atom. The molecule has 2 atom stereocenters. The second-order valence-electron chi connectivity index (χ2n) is 10.3. The molecule has 160 valence electrons. The van der Waals surface area contributed by atoms with Gasteiger partial charge in [0.2, 0.25) is 0 Å². The first-order valence-electron chi connectivity index (χ1n) is 12.1. The number of benzene rings is 2. The number of carbonyl (C=O) groups excluding carboxylic acids is 1. The highest BCUT2D eigenvalue weighted by molar-refractivity contribution is 5.80. The van der Waals surface area contributed by atoms with Crippen molar-refractivity contribution in [3.05, 3.63) is 69.8 Å². The molecule has 2 aliphatic rings. The summed E-state index contributed by atoms with van der Waals surface area (Å²) < 4.78 is 0. The van der Waals surface area contributed by atoms with Crippen molar-refractivity contribution in [2.24, 2.45) is 11.8 Å². The molecule has 0 heterocycles. The van der Waals surface area contributed by atoms with Crippen LogP contribution in [0.4, 0.5) is 0 Å². The van der Waals surface area contributed by atoms with E-state index in [1.54, 1.807) is 0 Å². The topological polar surface area (TPSA) is 17.1 Å². The average Bonchev–Trinajstić information content (AvgIpc) is 2.62. The molecular formula is C29H38O. The smallest absolute Gasteiger partial charge is 0.134 e. The van der Waals surface area contributed by atoms with Gasteiger partial charge in [0, 0.05) is 12.8 Å². The summed E-state index contributed by atoms with van der Waals surface area (Å²) in [5, 5.41) is 0. The summed E-state index contributed by atoms with van der Waals surface area (Å²) in [7, 11) is 0. The largest absolute Gasteiger partial charge is 0.300 e. The van der Waals surface area contributed by atoms with Crippen LogP contribution in [0.3, 0.4) is 0 Å². The third-order valence-electron chi connectivity index (χ3n) is 8.00. The minimum Gasteiger partial charge on any atom is -0.300 e. The fourth-order valence-electron chi connectivity index (χ4n) is 5.64. The SMILES string of the molecule is Cc1ccc(C)c(C(CC(=O)CC(c2cc(C)ccc2C)C2CCC2)C2CCC2)c1. The number of ketones is 1. The lowest BCUT2D eigenvalue weighted by molar-refractivity contribution is -0.120. The van der Waals surface area contributed by atoms with Crippen molar-refractivity contribution in [2.45, 2.75) is 90.9 Å². The quantitative estimate of drug-likeness (QED) is 0.441. The van der Waals surface area contributed by atoms with Gasteiger partial charge in [-0.2, -0.15) is 0 Å². The minimum atomic E-state index is 0.409. The van der Waals surface area contributed by atoms with Gasteiger partial charge in [-0.25, -0.2) is 0 Å². The first kappa shape index (κ1) is 21.3. The third kappa shape index (κ3) is 4.56. The Hall–Kier alpha value is -1.89. The van der Waals surface area contributed by atoms with E-state index in [1.165, 1.54) is 71.9 Å². The van der Waals surface area contributed by atoms with Crippen molar-refractivity contribution in [3.63, 3.8) is 0 Å². The van der Waals surface area contributed by atoms with Crippen LogP contribution >= 0.6 is 0 Å². The van der Waals surface area contributed by atoms with Gasteiger partial charge in [0.15, 0.2) is 0 Å². The monoisotopic (exact) mass is 402 g/mol. The van der Waals surface area contributed by atoms with Crippen molar-refractivity contribution in [2.75, 3.05) is 0 Å². The highest BCUT2D eigenvalue weighted by atomic mass is 16.1. The van der Waals surface area contributed by atoms with Gasteiger partial charge >= 0.3 is 0 Å². The Labute approximate surface area is 183 Å². The molecule has 0 spiro atoms. The zero-order chi connectivity index (χ0) is 21.3. The van der Waals surface area contributed by atoms with Crippen molar-refractivity contribution in [1.29, 1.82) is 0 Å². The molecule has 2 aromatic rings. The van der Waals surface area contributed by atoms with E-state index >= 15 is 0 Å². The van der Waals surface area contributed by atoms with Gasteiger partial charge in [0.1, 0.15) is 5.78 Å². The van der Waals surface area contributed by atoms with Crippen molar-refractivity contribution >= 4 is 5.78 Å². The number of Topliss-reactive ketones (excluding diaryl/α,β-unsaturated/α-hetero) is 1. The molecule has 4 rings (SSSR count). The van der Waals surface area contributed by atoms with Gasteiger partial charge in [-0.3, -0.25) is 4.79 Å². The molecular weight excluding hydrogens is 364 g/mol. The van der Waals surface area contributed by atoms with Crippen LogP contribution in [-0.2, 0) is 4.79 Å². The van der Waals surface area contributed by atoms with E-state index in [1.807, 2.05) is 0 Å². The summed E-state index contributed by atoms with van der Waals surface area (Å²) in [5.41, 5.74) is 8.20. The van der Waals surface area contributed by atoms with Gasteiger partial charge < -0.3 is 0 Å². The van der Waals surface area contributed by atoms with Crippen LogP contribution in [0.5, 0.6) is 0 Å². The maximum Gasteiger partial charge on any atom is 0.134 e. The summed E-state index contributed by atoms with van der Waals surface area (Å²) in [6.45, 7) is 8.79. The van der Waals surface area contributed by atoms with Gasteiger partial charge in [-0.15, -0.1) is 0 Å². The van der Waals surface area contributed by atoms with E-state index in [9.17, 15) is 4.79 Å². The van der Waals surface area contributed by atoms with Crippen LogP contribution in [0.15, 0.2) is 36.4 Å². The zero-order valence-electron chi connectivity index (χ0n) is 19.3. The van der Waals surface area contributed by atoms with Gasteiger partial charge in [0.25, 0.3) is 0 Å². The highest BCUT2D eigenvalue weighted by Gasteiger charge is 2.34. The predicted molar refractivity (Wildman–Crippen MR) is 126 cm³/mol. The molecule has 0 aliphatic heterocycles. The normalized spacial score (nSPS) is 19.1. The number of hydrogen-bond donors (Lipinski definition) is 0. The van der Waals surface area contributed by atoms with Gasteiger partial charge in [-0.1, -0.05) is 60.4 Å². The summed E-state index contributed by atoms with van der Waals surface area (Å²) in [4.78, 5) is 13.5. The first-order valence-corrected chi connectivity index (χ1v) is 12.1. The number of hydrogen-bond acceptors (Lipinski definition) is 1. The Kier molecular flexibility index (Phi) is 6.46. The maximum absolute atomic E-state index is 13.5.